The van der Waals surface area contributed by atoms with E-state index >= 15 is 0 Å². The zero-order valence-electron chi connectivity index (χ0n) is 30.0. The van der Waals surface area contributed by atoms with Gasteiger partial charge >= 0.3 is 0 Å². The Labute approximate surface area is 301 Å². The van der Waals surface area contributed by atoms with Gasteiger partial charge in [0.1, 0.15) is 6.04 Å². The Morgan fingerprint density at radius 1 is 0.980 bits per heavy atom. The van der Waals surface area contributed by atoms with Crippen LogP contribution in [0.3, 0.4) is 0 Å². The van der Waals surface area contributed by atoms with Crippen LogP contribution in [-0.2, 0) is 28.7 Å². The number of amides is 5. The van der Waals surface area contributed by atoms with Crippen LogP contribution in [0.1, 0.15) is 57.8 Å². The molecule has 17 heteroatoms. The number of nitrogens with one attached hydrogen (secondary N) is 4. The molecule has 2 saturated heterocycles. The quantitative estimate of drug-likeness (QED) is 0.0470. The third-order valence-electron chi connectivity index (χ3n) is 8.79. The fourth-order valence-electron chi connectivity index (χ4n) is 5.97. The second-order valence-corrected chi connectivity index (χ2v) is 14.2. The van der Waals surface area contributed by atoms with Gasteiger partial charge in [-0.2, -0.15) is 11.8 Å². The van der Waals surface area contributed by atoms with Gasteiger partial charge in [-0.25, -0.2) is 0 Å². The monoisotopic (exact) mass is 727 g/mol. The molecule has 2 aliphatic heterocycles. The van der Waals surface area contributed by atoms with Gasteiger partial charge in [-0.15, -0.1) is 0 Å². The number of carbonyl (C=O) groups is 5. The van der Waals surface area contributed by atoms with E-state index in [1.54, 1.807) is 7.05 Å². The van der Waals surface area contributed by atoms with Crippen molar-refractivity contribution in [1.82, 2.24) is 36.0 Å². The van der Waals surface area contributed by atoms with Crippen LogP contribution in [0.15, 0.2) is 12.4 Å². The van der Waals surface area contributed by atoms with Gasteiger partial charge in [0.25, 0.3) is 0 Å². The average molecular weight is 728 g/mol. The first-order valence-electron chi connectivity index (χ1n) is 17.7. The van der Waals surface area contributed by atoms with E-state index in [4.69, 9.17) is 16.2 Å². The summed E-state index contributed by atoms with van der Waals surface area (Å²) in [5.74, 6) is -0.158. The summed E-state index contributed by atoms with van der Waals surface area (Å²) in [5, 5.41) is 22.4. The van der Waals surface area contributed by atoms with E-state index in [0.717, 1.165) is 43.7 Å². The third kappa shape index (κ3) is 16.3. The summed E-state index contributed by atoms with van der Waals surface area (Å²) in [6.07, 6.45) is 6.38. The van der Waals surface area contributed by atoms with Crippen LogP contribution in [0.25, 0.3) is 0 Å². The van der Waals surface area contributed by atoms with Gasteiger partial charge in [-0.1, -0.05) is 13.0 Å². The van der Waals surface area contributed by atoms with Gasteiger partial charge < -0.3 is 52.4 Å². The minimum Gasteiger partial charge on any atom is -0.395 e. The molecule has 5 amide bonds. The van der Waals surface area contributed by atoms with Crippen molar-refractivity contribution in [2.45, 2.75) is 81.2 Å². The molecule has 0 aromatic heterocycles. The summed E-state index contributed by atoms with van der Waals surface area (Å²) in [4.78, 5) is 67.9. The Bertz CT molecular complexity index is 1100. The first kappa shape index (κ1) is 43.0. The summed E-state index contributed by atoms with van der Waals surface area (Å²) in [5.41, 5.74) is 11.1. The molecule has 0 radical (unpaired) electrons. The number of nitrogens with zero attached hydrogens (tertiary/aromatic N) is 3. The number of methoxy groups -OCH3 is 1. The van der Waals surface area contributed by atoms with Crippen molar-refractivity contribution in [3.8, 4) is 0 Å². The largest absolute Gasteiger partial charge is 0.395 e. The molecular weight excluding hydrogens is 666 g/mol. The number of primary amides is 1. The molecule has 0 bridgehead atoms. The highest BCUT2D eigenvalue weighted by atomic mass is 32.2. The predicted molar refractivity (Wildman–Crippen MR) is 194 cm³/mol. The number of carbonyl (C=O) groups excluding carboxylic acids is 5. The molecule has 2 fully saturated rings. The average Bonchev–Trinajstić information content (AvgIpc) is 3.62. The van der Waals surface area contributed by atoms with E-state index < -0.39 is 23.8 Å². The predicted octanol–water partition coefficient (Wildman–Crippen LogP) is -1.71. The summed E-state index contributed by atoms with van der Waals surface area (Å²) >= 11 is 1.96. The standard InChI is InChI=1S/C33H61N9O7S/c1-24-37-26-23-50-27(32(26)38-24)11-4-5-12-28(44)36-14-8-6-10-25(33(35)48)39-29(45)20-42(17-19-49-3)31(47)22-41(16-18-43)30(46)21-40(2)15-9-7-13-34/h25-27,32,37-38,43H,1,4-23,34H2,2-3H3,(H2,35,48)(H,36,44)(H,39,45)/t25-,26-,27?,32-/m0/s1. The van der Waals surface area contributed by atoms with Crippen molar-refractivity contribution >= 4 is 41.3 Å². The Kier molecular flexibility index (Phi) is 20.8. The number of unbranched alkanes of at least 4 members (excludes halogenated alkanes) is 3. The van der Waals surface area contributed by atoms with Crippen molar-refractivity contribution in [2.75, 3.05) is 85.5 Å². The molecule has 2 rings (SSSR count). The maximum Gasteiger partial charge on any atom is 0.242 e. The lowest BCUT2D eigenvalue weighted by Crippen LogP contribution is -2.52. The van der Waals surface area contributed by atoms with E-state index in [-0.39, 0.29) is 64.2 Å². The van der Waals surface area contributed by atoms with Gasteiger partial charge in [0, 0.05) is 44.2 Å². The number of likely N-dealkylation sites (N-methyl/N-ethyl adjacent to an activating group) is 1. The topological polar surface area (TPSA) is 225 Å². The maximum atomic E-state index is 13.2. The molecule has 0 saturated carbocycles. The lowest BCUT2D eigenvalue weighted by Gasteiger charge is -2.28. The smallest absolute Gasteiger partial charge is 0.242 e. The summed E-state index contributed by atoms with van der Waals surface area (Å²) in [7, 11) is 3.26. The molecule has 2 heterocycles. The SMILES string of the molecule is C=C1N[C@H]2CSC(CCCCC(=O)NCCCC[C@H](NC(=O)CN(CCOC)C(=O)CN(CCO)C(=O)CN(C)CCCCN)C(N)=O)[C@H]2N1. The molecule has 0 aromatic rings. The van der Waals surface area contributed by atoms with Crippen molar-refractivity contribution in [3.05, 3.63) is 12.4 Å². The van der Waals surface area contributed by atoms with Crippen LogP contribution in [-0.4, -0.2) is 158 Å². The minimum absolute atomic E-state index is 0.00894. The first-order valence-corrected chi connectivity index (χ1v) is 18.8. The second-order valence-electron chi connectivity index (χ2n) is 13.0. The normalized spacial score (nSPS) is 18.6. The summed E-state index contributed by atoms with van der Waals surface area (Å²) in [6, 6.07) is -0.1000. The molecule has 16 nitrogen and oxygen atoms in total. The highest BCUT2D eigenvalue weighted by Gasteiger charge is 2.40. The number of fused-ring (bicyclic) bond motifs is 1. The zero-order chi connectivity index (χ0) is 36.9. The highest BCUT2D eigenvalue weighted by molar-refractivity contribution is 8.00. The molecule has 9 N–H and O–H groups in total. The van der Waals surface area contributed by atoms with Crippen LogP contribution < -0.4 is 32.7 Å². The van der Waals surface area contributed by atoms with E-state index in [0.29, 0.717) is 56.2 Å². The number of ether oxygens (including phenoxy) is 1. The molecule has 0 aromatic carbocycles. The van der Waals surface area contributed by atoms with E-state index in [1.807, 2.05) is 16.7 Å². The Hall–Kier alpha value is -3.12. The van der Waals surface area contributed by atoms with Gasteiger partial charge in [-0.05, 0) is 65.1 Å². The molecular formula is C33H61N9O7S. The second kappa shape index (κ2) is 24.1. The van der Waals surface area contributed by atoms with Gasteiger partial charge in [0.2, 0.25) is 29.5 Å². The van der Waals surface area contributed by atoms with Crippen LogP contribution >= 0.6 is 11.8 Å². The molecule has 0 aliphatic carbocycles. The number of aliphatic hydroxyl groups is 1. The number of thioether (sulfide) groups is 1. The fourth-order valence-corrected chi connectivity index (χ4v) is 7.52. The molecule has 286 valence electrons. The zero-order valence-corrected chi connectivity index (χ0v) is 30.8. The number of hydrogen-bond acceptors (Lipinski definition) is 12. The van der Waals surface area contributed by atoms with Crippen LogP contribution in [0.2, 0.25) is 0 Å². The summed E-state index contributed by atoms with van der Waals surface area (Å²) < 4.78 is 5.11. The van der Waals surface area contributed by atoms with Gasteiger partial charge in [-0.3, -0.25) is 28.9 Å². The lowest BCUT2D eigenvalue weighted by atomic mass is 10.0. The molecule has 1 unspecified atom stereocenters. The Morgan fingerprint density at radius 3 is 2.42 bits per heavy atom. The fraction of sp³-hybridized carbons (Fsp3) is 0.788. The minimum atomic E-state index is -0.949. The molecule has 2 aliphatic rings. The maximum absolute atomic E-state index is 13.2. The third-order valence-corrected chi connectivity index (χ3v) is 10.3. The highest BCUT2D eigenvalue weighted by Crippen LogP contribution is 2.34. The van der Waals surface area contributed by atoms with Crippen LogP contribution in [0, 0.1) is 0 Å². The van der Waals surface area contributed by atoms with E-state index in [2.05, 4.69) is 27.8 Å². The van der Waals surface area contributed by atoms with Crippen molar-refractivity contribution in [1.29, 1.82) is 0 Å². The van der Waals surface area contributed by atoms with Crippen molar-refractivity contribution in [2.24, 2.45) is 11.5 Å². The van der Waals surface area contributed by atoms with Crippen molar-refractivity contribution < 1.29 is 33.8 Å². The number of nitrogens with two attached hydrogens (primary N) is 2. The number of rotatable bonds is 27. The summed E-state index contributed by atoms with van der Waals surface area (Å²) in [6.45, 7) is 4.85. The lowest BCUT2D eigenvalue weighted by molar-refractivity contribution is -0.143. The van der Waals surface area contributed by atoms with Crippen LogP contribution in [0.5, 0.6) is 0 Å². The van der Waals surface area contributed by atoms with E-state index in [9.17, 15) is 29.1 Å². The van der Waals surface area contributed by atoms with Crippen molar-refractivity contribution in [3.63, 3.8) is 0 Å². The molecule has 4 atom stereocenters. The molecule has 0 spiro atoms. The molecule has 50 heavy (non-hydrogen) atoms. The Morgan fingerprint density at radius 2 is 1.72 bits per heavy atom. The number of hydrogen-bond donors (Lipinski definition) is 7. The first-order chi connectivity index (χ1) is 24.0. The Balaban J connectivity index is 1.73. The van der Waals surface area contributed by atoms with Gasteiger partial charge in [0.05, 0.1) is 50.8 Å². The van der Waals surface area contributed by atoms with Gasteiger partial charge in [0.15, 0.2) is 0 Å². The number of aliphatic hydroxyl groups excluding tert-OH is 1. The van der Waals surface area contributed by atoms with E-state index in [1.165, 1.54) is 16.9 Å². The van der Waals surface area contributed by atoms with Crippen LogP contribution in [0.4, 0.5) is 0 Å².